The largest absolute Gasteiger partial charge is 0.348 e. The molecule has 4 nitrogen and oxygen atoms in total. The summed E-state index contributed by atoms with van der Waals surface area (Å²) in [5, 5.41) is 0. The van der Waals surface area contributed by atoms with Crippen LogP contribution >= 0.6 is 15.9 Å². The van der Waals surface area contributed by atoms with E-state index in [-0.39, 0.29) is 17.9 Å². The van der Waals surface area contributed by atoms with Crippen LogP contribution in [0.25, 0.3) is 0 Å². The molecule has 2 aromatic heterocycles. The van der Waals surface area contributed by atoms with Crippen molar-refractivity contribution in [3.8, 4) is 0 Å². The Balaban J connectivity index is 2.33. The zero-order chi connectivity index (χ0) is 13.3. The molecule has 0 fully saturated rings. The highest BCUT2D eigenvalue weighted by atomic mass is 79.9. The van der Waals surface area contributed by atoms with Gasteiger partial charge in [-0.05, 0) is 41.1 Å². The summed E-state index contributed by atoms with van der Waals surface area (Å²) in [6, 6.07) is 5.30. The molecule has 2 rings (SSSR count). The van der Waals surface area contributed by atoms with Crippen molar-refractivity contribution < 1.29 is 4.79 Å². The van der Waals surface area contributed by atoms with Crippen molar-refractivity contribution in [1.82, 2.24) is 9.13 Å². The molecule has 2 heterocycles. The summed E-state index contributed by atoms with van der Waals surface area (Å²) in [5.74, 6) is -0.0814. The molecule has 0 saturated carbocycles. The van der Waals surface area contributed by atoms with Gasteiger partial charge >= 0.3 is 0 Å². The van der Waals surface area contributed by atoms with E-state index in [2.05, 4.69) is 15.9 Å². The third-order valence-electron chi connectivity index (χ3n) is 2.78. The van der Waals surface area contributed by atoms with Crippen LogP contribution in [-0.2, 0) is 13.6 Å². The van der Waals surface area contributed by atoms with E-state index < -0.39 is 0 Å². The quantitative estimate of drug-likeness (QED) is 0.815. The van der Waals surface area contributed by atoms with Crippen LogP contribution in [0.1, 0.15) is 16.1 Å². The predicted octanol–water partition coefficient (Wildman–Crippen LogP) is 2.14. The van der Waals surface area contributed by atoms with E-state index in [1.54, 1.807) is 29.8 Å². The van der Waals surface area contributed by atoms with Gasteiger partial charge in [0.05, 0.1) is 12.2 Å². The molecule has 0 unspecified atom stereocenters. The van der Waals surface area contributed by atoms with Crippen molar-refractivity contribution in [1.29, 1.82) is 0 Å². The molecule has 0 amide bonds. The van der Waals surface area contributed by atoms with E-state index in [9.17, 15) is 9.59 Å². The number of carbonyl (C=O) groups excluding carboxylic acids is 1. The van der Waals surface area contributed by atoms with Crippen molar-refractivity contribution in [3.05, 3.63) is 56.7 Å². The first kappa shape index (κ1) is 12.8. The summed E-state index contributed by atoms with van der Waals surface area (Å²) in [4.78, 5) is 24.0. The van der Waals surface area contributed by atoms with Crippen molar-refractivity contribution in [2.24, 2.45) is 7.05 Å². The maximum absolute atomic E-state index is 12.1. The number of rotatable bonds is 3. The van der Waals surface area contributed by atoms with Gasteiger partial charge in [-0.2, -0.15) is 0 Å². The second-order valence-corrected chi connectivity index (χ2v) is 5.12. The second kappa shape index (κ2) is 4.94. The lowest BCUT2D eigenvalue weighted by Crippen LogP contribution is -2.26. The van der Waals surface area contributed by atoms with Crippen LogP contribution in [-0.4, -0.2) is 14.9 Å². The molecule has 2 aromatic rings. The first-order chi connectivity index (χ1) is 8.49. The van der Waals surface area contributed by atoms with Gasteiger partial charge in [0, 0.05) is 29.5 Å². The number of pyridine rings is 1. The predicted molar refractivity (Wildman–Crippen MR) is 72.9 cm³/mol. The number of aryl methyl sites for hydroxylation is 2. The average Bonchev–Trinajstić information content (AvgIpc) is 2.71. The van der Waals surface area contributed by atoms with Gasteiger partial charge in [-0.15, -0.1) is 0 Å². The molecule has 0 bridgehead atoms. The Hall–Kier alpha value is -1.62. The number of hydrogen-bond donors (Lipinski definition) is 0. The molecule has 0 aliphatic rings. The molecule has 0 aliphatic heterocycles. The average molecular weight is 309 g/mol. The van der Waals surface area contributed by atoms with Gasteiger partial charge in [-0.1, -0.05) is 0 Å². The van der Waals surface area contributed by atoms with Gasteiger partial charge in [0.2, 0.25) is 0 Å². The molecule has 0 saturated heterocycles. The zero-order valence-electron chi connectivity index (χ0n) is 10.2. The maximum atomic E-state index is 12.1. The monoisotopic (exact) mass is 308 g/mol. The van der Waals surface area contributed by atoms with E-state index in [1.807, 2.05) is 19.3 Å². The molecule has 18 heavy (non-hydrogen) atoms. The smallest absolute Gasteiger partial charge is 0.253 e. The number of ketones is 1. The molecular formula is C13H13BrN2O2. The van der Waals surface area contributed by atoms with E-state index in [0.717, 1.165) is 4.47 Å². The summed E-state index contributed by atoms with van der Waals surface area (Å²) < 4.78 is 3.96. The molecule has 0 spiro atoms. The molecular weight excluding hydrogens is 296 g/mol. The van der Waals surface area contributed by atoms with Crippen LogP contribution in [0.3, 0.4) is 0 Å². The minimum atomic E-state index is -0.138. The number of halogens is 1. The van der Waals surface area contributed by atoms with E-state index in [1.165, 1.54) is 4.57 Å². The molecule has 0 atom stereocenters. The Morgan fingerprint density at radius 2 is 2.17 bits per heavy atom. The normalized spacial score (nSPS) is 10.6. The third-order valence-corrected chi connectivity index (χ3v) is 3.21. The van der Waals surface area contributed by atoms with Crippen LogP contribution in [0.5, 0.6) is 0 Å². The van der Waals surface area contributed by atoms with Gasteiger partial charge < -0.3 is 9.13 Å². The molecule has 0 aromatic carbocycles. The molecule has 0 N–H and O–H groups in total. The van der Waals surface area contributed by atoms with E-state index in [0.29, 0.717) is 11.3 Å². The highest BCUT2D eigenvalue weighted by Gasteiger charge is 2.11. The number of aromatic nitrogens is 2. The van der Waals surface area contributed by atoms with Crippen LogP contribution in [0, 0.1) is 6.92 Å². The fraction of sp³-hybridized carbons (Fsp3) is 0.231. The highest BCUT2D eigenvalue weighted by Crippen LogP contribution is 2.09. The summed E-state index contributed by atoms with van der Waals surface area (Å²) in [5.41, 5.74) is 1.07. The maximum Gasteiger partial charge on any atom is 0.253 e. The van der Waals surface area contributed by atoms with Crippen LogP contribution in [0.2, 0.25) is 0 Å². The minimum Gasteiger partial charge on any atom is -0.348 e. The Kier molecular flexibility index (Phi) is 3.52. The van der Waals surface area contributed by atoms with Gasteiger partial charge in [0.25, 0.3) is 5.56 Å². The molecule has 94 valence electrons. The van der Waals surface area contributed by atoms with Crippen LogP contribution in [0.15, 0.2) is 39.9 Å². The number of Topliss-reactive ketones (excluding diaryl/α,β-unsaturated/α-hetero) is 1. The zero-order valence-corrected chi connectivity index (χ0v) is 11.8. The van der Waals surface area contributed by atoms with Crippen molar-refractivity contribution >= 4 is 21.7 Å². The molecule has 5 heteroatoms. The standard InChI is InChI=1S/C13H13BrN2O2/c1-9-6-10(14)7-16(13(9)18)8-12(17)11-4-3-5-15(11)2/h3-7H,8H2,1-2H3. The molecule has 0 aliphatic carbocycles. The number of hydrogen-bond acceptors (Lipinski definition) is 2. The Morgan fingerprint density at radius 1 is 1.44 bits per heavy atom. The van der Waals surface area contributed by atoms with Crippen LogP contribution < -0.4 is 5.56 Å². The number of nitrogens with zero attached hydrogens (tertiary/aromatic N) is 2. The van der Waals surface area contributed by atoms with Crippen molar-refractivity contribution in [3.63, 3.8) is 0 Å². The lowest BCUT2D eigenvalue weighted by molar-refractivity contribution is 0.0963. The van der Waals surface area contributed by atoms with Gasteiger partial charge in [-0.3, -0.25) is 9.59 Å². The first-order valence-corrected chi connectivity index (χ1v) is 6.29. The van der Waals surface area contributed by atoms with Crippen LogP contribution in [0.4, 0.5) is 0 Å². The van der Waals surface area contributed by atoms with Gasteiger partial charge in [0.15, 0.2) is 5.78 Å². The van der Waals surface area contributed by atoms with Gasteiger partial charge in [-0.25, -0.2) is 0 Å². The summed E-state index contributed by atoms with van der Waals surface area (Å²) in [6.45, 7) is 1.79. The topological polar surface area (TPSA) is 44.0 Å². The third kappa shape index (κ3) is 2.46. The lowest BCUT2D eigenvalue weighted by atomic mass is 10.2. The van der Waals surface area contributed by atoms with E-state index in [4.69, 9.17) is 0 Å². The molecule has 0 radical (unpaired) electrons. The second-order valence-electron chi connectivity index (χ2n) is 4.20. The summed E-state index contributed by atoms with van der Waals surface area (Å²) >= 11 is 3.32. The summed E-state index contributed by atoms with van der Waals surface area (Å²) in [7, 11) is 1.81. The lowest BCUT2D eigenvalue weighted by Gasteiger charge is -2.07. The van der Waals surface area contributed by atoms with Crippen molar-refractivity contribution in [2.75, 3.05) is 0 Å². The Bertz CT molecular complexity index is 655. The fourth-order valence-electron chi connectivity index (χ4n) is 1.84. The minimum absolute atomic E-state index is 0.0525. The van der Waals surface area contributed by atoms with Crippen molar-refractivity contribution in [2.45, 2.75) is 13.5 Å². The highest BCUT2D eigenvalue weighted by molar-refractivity contribution is 9.10. The Labute approximate surface area is 113 Å². The van der Waals surface area contributed by atoms with Gasteiger partial charge in [0.1, 0.15) is 0 Å². The SMILES string of the molecule is Cc1cc(Br)cn(CC(=O)c2cccn2C)c1=O. The summed E-state index contributed by atoms with van der Waals surface area (Å²) in [6.07, 6.45) is 3.44. The fourth-order valence-corrected chi connectivity index (χ4v) is 2.43. The number of carbonyl (C=O) groups is 1. The first-order valence-electron chi connectivity index (χ1n) is 5.50. The Morgan fingerprint density at radius 3 is 2.78 bits per heavy atom. The van der Waals surface area contributed by atoms with E-state index >= 15 is 0 Å².